The lowest BCUT2D eigenvalue weighted by Gasteiger charge is -2.10. The van der Waals surface area contributed by atoms with Crippen molar-refractivity contribution in [2.45, 2.75) is 6.18 Å². The highest BCUT2D eigenvalue weighted by Gasteiger charge is 2.31. The number of benzene rings is 1. The number of hydrogen-bond donors (Lipinski definition) is 1. The van der Waals surface area contributed by atoms with Gasteiger partial charge in [0.1, 0.15) is 5.69 Å². The SMILES string of the molecule is CNC(=O)c1ccc(-c2cc(C(F)(F)F)ccc2Cl)cn1. The van der Waals surface area contributed by atoms with E-state index < -0.39 is 11.7 Å². The largest absolute Gasteiger partial charge is 0.416 e. The third-order valence-corrected chi connectivity index (χ3v) is 3.16. The second-order valence-corrected chi connectivity index (χ2v) is 4.61. The number of nitrogens with zero attached hydrogens (tertiary/aromatic N) is 1. The van der Waals surface area contributed by atoms with Gasteiger partial charge in [0.15, 0.2) is 0 Å². The molecule has 1 amide bonds. The number of aromatic nitrogens is 1. The lowest BCUT2D eigenvalue weighted by molar-refractivity contribution is -0.137. The quantitative estimate of drug-likeness (QED) is 0.916. The molecule has 0 bridgehead atoms. The summed E-state index contributed by atoms with van der Waals surface area (Å²) in [4.78, 5) is 15.3. The molecule has 0 fully saturated rings. The fraction of sp³-hybridized carbons (Fsp3) is 0.143. The molecule has 0 saturated carbocycles. The van der Waals surface area contributed by atoms with E-state index in [0.717, 1.165) is 12.1 Å². The zero-order valence-corrected chi connectivity index (χ0v) is 11.6. The van der Waals surface area contributed by atoms with Gasteiger partial charge in [-0.1, -0.05) is 17.7 Å². The van der Waals surface area contributed by atoms with Crippen LogP contribution in [0.25, 0.3) is 11.1 Å². The van der Waals surface area contributed by atoms with Crippen LogP contribution in [0.4, 0.5) is 13.2 Å². The summed E-state index contributed by atoms with van der Waals surface area (Å²) in [6.07, 6.45) is -3.14. The topological polar surface area (TPSA) is 42.0 Å². The van der Waals surface area contributed by atoms with Gasteiger partial charge < -0.3 is 5.32 Å². The first-order valence-corrected chi connectivity index (χ1v) is 6.26. The maximum Gasteiger partial charge on any atom is 0.416 e. The van der Waals surface area contributed by atoms with Crippen LogP contribution in [0, 0.1) is 0 Å². The summed E-state index contributed by atoms with van der Waals surface area (Å²) in [6.45, 7) is 0. The van der Waals surface area contributed by atoms with Gasteiger partial charge in [-0.05, 0) is 24.3 Å². The molecule has 0 saturated heterocycles. The van der Waals surface area contributed by atoms with Gasteiger partial charge in [-0.3, -0.25) is 9.78 Å². The Labute approximate surface area is 123 Å². The van der Waals surface area contributed by atoms with Gasteiger partial charge in [-0.2, -0.15) is 13.2 Å². The molecule has 0 aliphatic rings. The Balaban J connectivity index is 2.44. The third kappa shape index (κ3) is 3.33. The minimum Gasteiger partial charge on any atom is -0.354 e. The summed E-state index contributed by atoms with van der Waals surface area (Å²) in [5, 5.41) is 2.58. The van der Waals surface area contributed by atoms with Crippen molar-refractivity contribution in [2.24, 2.45) is 0 Å². The maximum absolute atomic E-state index is 12.7. The predicted octanol–water partition coefficient (Wildman–Crippen LogP) is 3.78. The fourth-order valence-corrected chi connectivity index (χ4v) is 1.97. The minimum atomic E-state index is -4.45. The molecule has 0 aliphatic carbocycles. The molecule has 1 N–H and O–H groups in total. The van der Waals surface area contributed by atoms with E-state index in [1.54, 1.807) is 0 Å². The van der Waals surface area contributed by atoms with Crippen molar-refractivity contribution in [3.8, 4) is 11.1 Å². The number of alkyl halides is 3. The molecule has 1 heterocycles. The Morgan fingerprint density at radius 1 is 1.24 bits per heavy atom. The van der Waals surface area contributed by atoms with Gasteiger partial charge in [-0.15, -0.1) is 0 Å². The van der Waals surface area contributed by atoms with Crippen LogP contribution < -0.4 is 5.32 Å². The van der Waals surface area contributed by atoms with Crippen LogP contribution in [-0.2, 0) is 6.18 Å². The first kappa shape index (κ1) is 15.3. The van der Waals surface area contributed by atoms with E-state index in [4.69, 9.17) is 11.6 Å². The average Bonchev–Trinajstić information content (AvgIpc) is 2.46. The van der Waals surface area contributed by atoms with E-state index >= 15 is 0 Å². The summed E-state index contributed by atoms with van der Waals surface area (Å²) in [5.41, 5.74) is -0.0113. The Morgan fingerprint density at radius 2 is 1.95 bits per heavy atom. The Kier molecular flexibility index (Phi) is 4.18. The molecule has 1 aromatic heterocycles. The second kappa shape index (κ2) is 5.73. The number of nitrogens with one attached hydrogen (secondary N) is 1. The number of carbonyl (C=O) groups is 1. The average molecular weight is 315 g/mol. The van der Waals surface area contributed by atoms with Crippen LogP contribution in [0.1, 0.15) is 16.1 Å². The van der Waals surface area contributed by atoms with Crippen molar-refractivity contribution < 1.29 is 18.0 Å². The molecule has 2 rings (SSSR count). The first-order valence-electron chi connectivity index (χ1n) is 5.88. The molecule has 2 aromatic rings. The van der Waals surface area contributed by atoms with Gasteiger partial charge in [0, 0.05) is 29.4 Å². The van der Waals surface area contributed by atoms with E-state index in [2.05, 4.69) is 10.3 Å². The third-order valence-electron chi connectivity index (χ3n) is 2.83. The number of rotatable bonds is 2. The minimum absolute atomic E-state index is 0.171. The molecule has 0 atom stereocenters. The van der Waals surface area contributed by atoms with Crippen molar-refractivity contribution in [1.29, 1.82) is 0 Å². The van der Waals surface area contributed by atoms with Crippen LogP contribution in [0.5, 0.6) is 0 Å². The Bertz CT molecular complexity index is 669. The summed E-state index contributed by atoms with van der Waals surface area (Å²) < 4.78 is 38.2. The predicted molar refractivity (Wildman–Crippen MR) is 73.1 cm³/mol. The zero-order chi connectivity index (χ0) is 15.6. The van der Waals surface area contributed by atoms with Crippen LogP contribution in [0.3, 0.4) is 0 Å². The van der Waals surface area contributed by atoms with Crippen molar-refractivity contribution in [2.75, 3.05) is 7.05 Å². The molecule has 1 aromatic carbocycles. The molecule has 7 heteroatoms. The second-order valence-electron chi connectivity index (χ2n) is 4.20. The molecule has 3 nitrogen and oxygen atoms in total. The summed E-state index contributed by atoms with van der Waals surface area (Å²) >= 11 is 5.94. The Hall–Kier alpha value is -2.08. The highest BCUT2D eigenvalue weighted by Crippen LogP contribution is 2.35. The Morgan fingerprint density at radius 3 is 2.48 bits per heavy atom. The molecule has 21 heavy (non-hydrogen) atoms. The van der Waals surface area contributed by atoms with Crippen molar-refractivity contribution in [1.82, 2.24) is 10.3 Å². The van der Waals surface area contributed by atoms with E-state index in [0.29, 0.717) is 5.56 Å². The first-order chi connectivity index (χ1) is 9.82. The van der Waals surface area contributed by atoms with Gasteiger partial charge in [0.25, 0.3) is 5.91 Å². The fourth-order valence-electron chi connectivity index (χ4n) is 1.74. The smallest absolute Gasteiger partial charge is 0.354 e. The summed E-state index contributed by atoms with van der Waals surface area (Å²) in [6, 6.07) is 5.98. The van der Waals surface area contributed by atoms with Crippen molar-refractivity contribution in [3.63, 3.8) is 0 Å². The van der Waals surface area contributed by atoms with Crippen LogP contribution in [0.2, 0.25) is 5.02 Å². The molecular weight excluding hydrogens is 305 g/mol. The monoisotopic (exact) mass is 314 g/mol. The van der Waals surface area contributed by atoms with E-state index in [-0.39, 0.29) is 22.2 Å². The number of carbonyl (C=O) groups excluding carboxylic acids is 1. The maximum atomic E-state index is 12.7. The van der Waals surface area contributed by atoms with E-state index in [1.165, 1.54) is 31.4 Å². The molecule has 0 spiro atoms. The van der Waals surface area contributed by atoms with Gasteiger partial charge in [0.2, 0.25) is 0 Å². The van der Waals surface area contributed by atoms with Crippen molar-refractivity contribution >= 4 is 17.5 Å². The molecule has 0 aliphatic heterocycles. The van der Waals surface area contributed by atoms with Crippen LogP contribution in [-0.4, -0.2) is 17.9 Å². The molecule has 0 radical (unpaired) electrons. The van der Waals surface area contributed by atoms with Gasteiger partial charge in [0.05, 0.1) is 5.56 Å². The number of amides is 1. The highest BCUT2D eigenvalue weighted by atomic mass is 35.5. The number of hydrogen-bond acceptors (Lipinski definition) is 2. The van der Waals surface area contributed by atoms with Crippen LogP contribution in [0.15, 0.2) is 36.5 Å². The van der Waals surface area contributed by atoms with E-state index in [9.17, 15) is 18.0 Å². The lowest BCUT2D eigenvalue weighted by Crippen LogP contribution is -2.18. The normalized spacial score (nSPS) is 11.3. The lowest BCUT2D eigenvalue weighted by atomic mass is 10.0. The molecule has 0 unspecified atom stereocenters. The number of halogens is 4. The summed E-state index contributed by atoms with van der Waals surface area (Å²) in [5.74, 6) is -0.378. The number of pyridine rings is 1. The van der Waals surface area contributed by atoms with E-state index in [1.807, 2.05) is 0 Å². The van der Waals surface area contributed by atoms with Crippen LogP contribution >= 0.6 is 11.6 Å². The zero-order valence-electron chi connectivity index (χ0n) is 10.8. The standard InChI is InChI=1S/C14H10ClF3N2O/c1-19-13(21)12-5-2-8(7-20-12)10-6-9(14(16,17)18)3-4-11(10)15/h2-7H,1H3,(H,19,21). The van der Waals surface area contributed by atoms with Gasteiger partial charge >= 0.3 is 6.18 Å². The molecular formula is C14H10ClF3N2O. The van der Waals surface area contributed by atoms with Gasteiger partial charge in [-0.25, -0.2) is 0 Å². The summed E-state index contributed by atoms with van der Waals surface area (Å²) in [7, 11) is 1.46. The molecule has 110 valence electrons. The van der Waals surface area contributed by atoms with Crippen molar-refractivity contribution in [3.05, 3.63) is 52.8 Å². The highest BCUT2D eigenvalue weighted by molar-refractivity contribution is 6.33.